The highest BCUT2D eigenvalue weighted by Crippen LogP contribution is 2.37. The second-order valence-corrected chi connectivity index (χ2v) is 11.4. The third kappa shape index (κ3) is 8.03. The van der Waals surface area contributed by atoms with Crippen LogP contribution in [0.2, 0.25) is 10.0 Å². The third-order valence-electron chi connectivity index (χ3n) is 7.16. The largest absolute Gasteiger partial charge is 0.496 e. The molecule has 0 aliphatic carbocycles. The molecule has 214 valence electrons. The Morgan fingerprint density at radius 3 is 2.33 bits per heavy atom. The first-order valence-electron chi connectivity index (χ1n) is 13.8. The normalized spacial score (nSPS) is 17.6. The standard InChI is InChI=1S/C31H38Cl2N4O3/c1-21(2)34-29(38)20-36-13-15-37(16-14-36)30(39)19-25-18-23(31-26(32)8-6-9-27(31)33)17-24(35-25)12-11-22-7-4-5-10-28(22)40-3/h4-10,17-18,21,23,35H,11-16,19-20H2,1-3H3,(H,34,38). The van der Waals surface area contributed by atoms with Crippen molar-refractivity contribution in [3.63, 3.8) is 0 Å². The smallest absolute Gasteiger partial charge is 0.234 e. The number of piperazine rings is 1. The van der Waals surface area contributed by atoms with Crippen molar-refractivity contribution < 1.29 is 14.3 Å². The second-order valence-electron chi connectivity index (χ2n) is 10.5. The van der Waals surface area contributed by atoms with Crippen LogP contribution in [0.1, 0.15) is 43.7 Å². The van der Waals surface area contributed by atoms with E-state index in [-0.39, 0.29) is 30.2 Å². The van der Waals surface area contributed by atoms with E-state index in [0.717, 1.165) is 41.1 Å². The molecule has 0 radical (unpaired) electrons. The number of halogens is 2. The molecule has 9 heteroatoms. The summed E-state index contributed by atoms with van der Waals surface area (Å²) >= 11 is 13.2. The zero-order chi connectivity index (χ0) is 28.6. The molecule has 2 aromatic rings. The van der Waals surface area contributed by atoms with Gasteiger partial charge in [0.15, 0.2) is 0 Å². The van der Waals surface area contributed by atoms with Gasteiger partial charge in [0.25, 0.3) is 0 Å². The van der Waals surface area contributed by atoms with Crippen LogP contribution in [-0.4, -0.2) is 67.5 Å². The Bertz CT molecular complexity index is 1250. The number of carbonyl (C=O) groups excluding carboxylic acids is 2. The van der Waals surface area contributed by atoms with Gasteiger partial charge in [-0.3, -0.25) is 14.5 Å². The number of carbonyl (C=O) groups is 2. The first-order chi connectivity index (χ1) is 19.2. The first kappa shape index (κ1) is 30.0. The van der Waals surface area contributed by atoms with E-state index < -0.39 is 0 Å². The molecule has 2 amide bonds. The van der Waals surface area contributed by atoms with E-state index in [1.54, 1.807) is 7.11 Å². The maximum Gasteiger partial charge on any atom is 0.234 e. The van der Waals surface area contributed by atoms with Crippen molar-refractivity contribution in [2.45, 2.75) is 45.1 Å². The van der Waals surface area contributed by atoms with Crippen LogP contribution in [0.25, 0.3) is 0 Å². The van der Waals surface area contributed by atoms with Crippen molar-refractivity contribution in [2.24, 2.45) is 0 Å². The molecule has 4 rings (SSSR count). The van der Waals surface area contributed by atoms with E-state index in [2.05, 4.69) is 27.7 Å². The minimum absolute atomic E-state index is 0.0167. The van der Waals surface area contributed by atoms with Gasteiger partial charge in [-0.05, 0) is 50.5 Å². The minimum Gasteiger partial charge on any atom is -0.496 e. The highest BCUT2D eigenvalue weighted by atomic mass is 35.5. The number of amides is 2. The quantitative estimate of drug-likeness (QED) is 0.404. The highest BCUT2D eigenvalue weighted by molar-refractivity contribution is 6.36. The average Bonchev–Trinajstić information content (AvgIpc) is 2.92. The molecule has 2 aliphatic rings. The number of ether oxygens (including phenoxy) is 1. The highest BCUT2D eigenvalue weighted by Gasteiger charge is 2.26. The second kappa shape index (κ2) is 14.1. The average molecular weight is 586 g/mol. The maximum absolute atomic E-state index is 13.3. The van der Waals surface area contributed by atoms with Crippen molar-refractivity contribution in [2.75, 3.05) is 39.8 Å². The van der Waals surface area contributed by atoms with Gasteiger partial charge < -0.3 is 20.3 Å². The Morgan fingerprint density at radius 1 is 0.975 bits per heavy atom. The van der Waals surface area contributed by atoms with Gasteiger partial charge in [0.05, 0.1) is 20.1 Å². The molecule has 0 saturated carbocycles. The Hall–Kier alpha value is -3.00. The molecule has 7 nitrogen and oxygen atoms in total. The number of nitrogens with zero attached hydrogens (tertiary/aromatic N) is 2. The molecule has 1 saturated heterocycles. The summed E-state index contributed by atoms with van der Waals surface area (Å²) in [6.07, 6.45) is 5.95. The van der Waals surface area contributed by atoms with Gasteiger partial charge in [0.2, 0.25) is 11.8 Å². The Balaban J connectivity index is 1.44. The molecule has 1 fully saturated rings. The van der Waals surface area contributed by atoms with E-state index in [9.17, 15) is 9.59 Å². The lowest BCUT2D eigenvalue weighted by Crippen LogP contribution is -2.51. The molecule has 2 aromatic carbocycles. The lowest BCUT2D eigenvalue weighted by atomic mass is 9.92. The first-order valence-corrected chi connectivity index (χ1v) is 14.5. The van der Waals surface area contributed by atoms with Crippen molar-refractivity contribution >= 4 is 35.0 Å². The fraction of sp³-hybridized carbons (Fsp3) is 0.419. The van der Waals surface area contributed by atoms with E-state index in [4.69, 9.17) is 27.9 Å². The molecule has 2 heterocycles. The van der Waals surface area contributed by atoms with Crippen LogP contribution in [-0.2, 0) is 16.0 Å². The van der Waals surface area contributed by atoms with E-state index in [1.165, 1.54) is 0 Å². The van der Waals surface area contributed by atoms with Crippen LogP contribution >= 0.6 is 23.2 Å². The molecular formula is C31H38Cl2N4O3. The molecular weight excluding hydrogens is 547 g/mol. The van der Waals surface area contributed by atoms with E-state index in [1.807, 2.05) is 61.2 Å². The number of hydrogen-bond donors (Lipinski definition) is 2. The number of rotatable bonds is 10. The number of hydrogen-bond acceptors (Lipinski definition) is 5. The number of para-hydroxylation sites is 1. The topological polar surface area (TPSA) is 73.9 Å². The summed E-state index contributed by atoms with van der Waals surface area (Å²) in [6.45, 7) is 6.79. The summed E-state index contributed by atoms with van der Waals surface area (Å²) in [5, 5.41) is 7.63. The summed E-state index contributed by atoms with van der Waals surface area (Å²) in [7, 11) is 1.68. The molecule has 40 heavy (non-hydrogen) atoms. The molecule has 0 aromatic heterocycles. The molecule has 1 unspecified atom stereocenters. The van der Waals surface area contributed by atoms with Gasteiger partial charge in [0.1, 0.15) is 5.75 Å². The SMILES string of the molecule is COc1ccccc1CCC1=CC(c2c(Cl)cccc2Cl)C=C(CC(=O)N2CCN(CC(=O)NC(C)C)CC2)N1. The molecule has 1 atom stereocenters. The summed E-state index contributed by atoms with van der Waals surface area (Å²) in [5.41, 5.74) is 3.80. The predicted molar refractivity (Wildman–Crippen MR) is 161 cm³/mol. The number of benzene rings is 2. The fourth-order valence-electron chi connectivity index (χ4n) is 5.20. The van der Waals surface area contributed by atoms with Gasteiger partial charge in [0, 0.05) is 65.1 Å². The Morgan fingerprint density at radius 2 is 1.65 bits per heavy atom. The van der Waals surface area contributed by atoms with Gasteiger partial charge in [-0.2, -0.15) is 0 Å². The molecule has 2 aliphatic heterocycles. The number of aryl methyl sites for hydroxylation is 1. The predicted octanol–water partition coefficient (Wildman–Crippen LogP) is 5.15. The number of methoxy groups -OCH3 is 1. The third-order valence-corrected chi connectivity index (χ3v) is 7.81. The fourth-order valence-corrected chi connectivity index (χ4v) is 5.85. The molecule has 0 spiro atoms. The van der Waals surface area contributed by atoms with Crippen LogP contribution in [0.3, 0.4) is 0 Å². The van der Waals surface area contributed by atoms with Gasteiger partial charge in [-0.25, -0.2) is 0 Å². The zero-order valence-electron chi connectivity index (χ0n) is 23.4. The van der Waals surface area contributed by atoms with Crippen molar-refractivity contribution in [1.29, 1.82) is 0 Å². The van der Waals surface area contributed by atoms with Crippen molar-refractivity contribution in [1.82, 2.24) is 20.4 Å². The Kier molecular flexibility index (Phi) is 10.5. The van der Waals surface area contributed by atoms with Crippen LogP contribution in [0.5, 0.6) is 5.75 Å². The zero-order valence-corrected chi connectivity index (χ0v) is 24.9. The van der Waals surface area contributed by atoms with Crippen molar-refractivity contribution in [3.05, 3.63) is 87.2 Å². The minimum atomic E-state index is -0.158. The van der Waals surface area contributed by atoms with Gasteiger partial charge in [-0.15, -0.1) is 0 Å². The Labute approximate surface area is 247 Å². The number of nitrogens with one attached hydrogen (secondary N) is 2. The van der Waals surface area contributed by atoms with E-state index >= 15 is 0 Å². The summed E-state index contributed by atoms with van der Waals surface area (Å²) < 4.78 is 5.53. The molecule has 2 N–H and O–H groups in total. The maximum atomic E-state index is 13.3. The van der Waals surface area contributed by atoms with Crippen LogP contribution in [0, 0.1) is 0 Å². The summed E-state index contributed by atoms with van der Waals surface area (Å²) in [4.78, 5) is 29.4. The van der Waals surface area contributed by atoms with Crippen LogP contribution < -0.4 is 15.4 Å². The van der Waals surface area contributed by atoms with Crippen LogP contribution in [0.15, 0.2) is 66.0 Å². The van der Waals surface area contributed by atoms with Crippen molar-refractivity contribution in [3.8, 4) is 5.75 Å². The van der Waals surface area contributed by atoms with E-state index in [0.29, 0.717) is 42.8 Å². The van der Waals surface area contributed by atoms with Gasteiger partial charge in [-0.1, -0.05) is 59.6 Å². The lowest BCUT2D eigenvalue weighted by Gasteiger charge is -2.35. The number of allylic oxidation sites excluding steroid dienone is 3. The number of dihydropyridines is 1. The van der Waals surface area contributed by atoms with Crippen LogP contribution in [0.4, 0.5) is 0 Å². The van der Waals surface area contributed by atoms with Gasteiger partial charge >= 0.3 is 0 Å². The lowest BCUT2D eigenvalue weighted by molar-refractivity contribution is -0.132. The summed E-state index contributed by atoms with van der Waals surface area (Å²) in [6, 6.07) is 13.6. The molecule has 0 bridgehead atoms. The summed E-state index contributed by atoms with van der Waals surface area (Å²) in [5.74, 6) is 0.772. The monoisotopic (exact) mass is 584 g/mol.